The SMILES string of the molecule is NCC(C1CC1)C1CS(=O)(=O)C1. The van der Waals surface area contributed by atoms with E-state index in [-0.39, 0.29) is 0 Å². The molecule has 0 bridgehead atoms. The summed E-state index contributed by atoms with van der Waals surface area (Å²) in [6, 6.07) is 0. The molecule has 4 heteroatoms. The molecule has 0 radical (unpaired) electrons. The third-order valence-electron chi connectivity index (χ3n) is 3.04. The van der Waals surface area contributed by atoms with Crippen molar-refractivity contribution in [3.8, 4) is 0 Å². The highest BCUT2D eigenvalue weighted by molar-refractivity contribution is 7.92. The van der Waals surface area contributed by atoms with Gasteiger partial charge in [-0.05, 0) is 37.1 Å². The zero-order chi connectivity index (χ0) is 8.77. The first-order valence-corrected chi connectivity index (χ1v) is 6.35. The molecule has 1 aliphatic carbocycles. The summed E-state index contributed by atoms with van der Waals surface area (Å²) in [6.07, 6.45) is 2.52. The first-order chi connectivity index (χ1) is 5.62. The summed E-state index contributed by atoms with van der Waals surface area (Å²) < 4.78 is 21.8. The van der Waals surface area contributed by atoms with Gasteiger partial charge in [-0.3, -0.25) is 0 Å². The zero-order valence-electron chi connectivity index (χ0n) is 7.07. The van der Waals surface area contributed by atoms with Crippen molar-refractivity contribution in [2.75, 3.05) is 18.1 Å². The molecule has 2 rings (SSSR count). The number of hydrogen-bond acceptors (Lipinski definition) is 3. The smallest absolute Gasteiger partial charge is 0.150 e. The molecule has 12 heavy (non-hydrogen) atoms. The molecule has 1 aliphatic heterocycles. The lowest BCUT2D eigenvalue weighted by atomic mass is 9.90. The molecule has 70 valence electrons. The van der Waals surface area contributed by atoms with Gasteiger partial charge in [0.15, 0.2) is 9.84 Å². The van der Waals surface area contributed by atoms with Gasteiger partial charge in [0.05, 0.1) is 11.5 Å². The van der Waals surface area contributed by atoms with Crippen molar-refractivity contribution in [1.82, 2.24) is 0 Å². The van der Waals surface area contributed by atoms with E-state index in [1.54, 1.807) is 0 Å². The summed E-state index contributed by atoms with van der Waals surface area (Å²) in [5.41, 5.74) is 5.62. The molecule has 1 saturated carbocycles. The van der Waals surface area contributed by atoms with Crippen LogP contribution in [0.5, 0.6) is 0 Å². The molecule has 1 heterocycles. The van der Waals surface area contributed by atoms with Crippen molar-refractivity contribution in [3.63, 3.8) is 0 Å². The van der Waals surface area contributed by atoms with Crippen LogP contribution in [0.3, 0.4) is 0 Å². The highest BCUT2D eigenvalue weighted by Gasteiger charge is 2.44. The van der Waals surface area contributed by atoms with Crippen molar-refractivity contribution in [2.24, 2.45) is 23.5 Å². The lowest BCUT2D eigenvalue weighted by Gasteiger charge is -2.32. The maximum absolute atomic E-state index is 10.9. The standard InChI is InChI=1S/C8H15NO2S/c9-3-8(6-1-2-6)7-4-12(10,11)5-7/h6-8H,1-5,9H2. The van der Waals surface area contributed by atoms with E-state index in [0.717, 1.165) is 5.92 Å². The van der Waals surface area contributed by atoms with Gasteiger partial charge >= 0.3 is 0 Å². The molecule has 0 spiro atoms. The molecule has 0 aromatic rings. The Bertz CT molecular complexity index is 257. The molecule has 2 aliphatic rings. The normalized spacial score (nSPS) is 31.1. The average Bonchev–Trinajstić information content (AvgIpc) is 2.68. The summed E-state index contributed by atoms with van der Waals surface area (Å²) in [4.78, 5) is 0. The second kappa shape index (κ2) is 2.70. The van der Waals surface area contributed by atoms with E-state index in [1.165, 1.54) is 12.8 Å². The molecule has 0 aromatic carbocycles. The Morgan fingerprint density at radius 1 is 1.25 bits per heavy atom. The Kier molecular flexibility index (Phi) is 1.92. The fourth-order valence-corrected chi connectivity index (χ4v) is 3.85. The Morgan fingerprint density at radius 3 is 2.17 bits per heavy atom. The van der Waals surface area contributed by atoms with Crippen LogP contribution in [-0.4, -0.2) is 26.5 Å². The fraction of sp³-hybridized carbons (Fsp3) is 1.00. The van der Waals surface area contributed by atoms with Crippen molar-refractivity contribution in [2.45, 2.75) is 12.8 Å². The minimum Gasteiger partial charge on any atom is -0.330 e. The maximum Gasteiger partial charge on any atom is 0.150 e. The van der Waals surface area contributed by atoms with Gasteiger partial charge in [0.25, 0.3) is 0 Å². The lowest BCUT2D eigenvalue weighted by Crippen LogP contribution is -2.44. The van der Waals surface area contributed by atoms with Gasteiger partial charge in [0, 0.05) is 0 Å². The van der Waals surface area contributed by atoms with Crippen molar-refractivity contribution in [1.29, 1.82) is 0 Å². The number of rotatable bonds is 3. The molecule has 1 atom stereocenters. The third kappa shape index (κ3) is 1.50. The van der Waals surface area contributed by atoms with Crippen molar-refractivity contribution in [3.05, 3.63) is 0 Å². The average molecular weight is 189 g/mol. The monoisotopic (exact) mass is 189 g/mol. The second-order valence-corrected chi connectivity index (χ2v) is 6.23. The van der Waals surface area contributed by atoms with E-state index in [2.05, 4.69) is 0 Å². The van der Waals surface area contributed by atoms with E-state index >= 15 is 0 Å². The molecule has 2 N–H and O–H groups in total. The summed E-state index contributed by atoms with van der Waals surface area (Å²) in [6.45, 7) is 0.671. The largest absolute Gasteiger partial charge is 0.330 e. The van der Waals surface area contributed by atoms with Crippen LogP contribution in [0.4, 0.5) is 0 Å². The van der Waals surface area contributed by atoms with E-state index in [9.17, 15) is 8.42 Å². The molecular weight excluding hydrogens is 174 g/mol. The van der Waals surface area contributed by atoms with Crippen LogP contribution < -0.4 is 5.73 Å². The van der Waals surface area contributed by atoms with E-state index in [4.69, 9.17) is 5.73 Å². The zero-order valence-corrected chi connectivity index (χ0v) is 7.89. The van der Waals surface area contributed by atoms with Crippen LogP contribution in [0.25, 0.3) is 0 Å². The summed E-state index contributed by atoms with van der Waals surface area (Å²) >= 11 is 0. The lowest BCUT2D eigenvalue weighted by molar-refractivity contribution is 0.330. The molecule has 0 aromatic heterocycles. The third-order valence-corrected chi connectivity index (χ3v) is 4.91. The van der Waals surface area contributed by atoms with Crippen LogP contribution in [0.15, 0.2) is 0 Å². The van der Waals surface area contributed by atoms with Gasteiger partial charge in [0.1, 0.15) is 0 Å². The van der Waals surface area contributed by atoms with Crippen LogP contribution in [0, 0.1) is 17.8 Å². The Balaban J connectivity index is 1.92. The molecule has 3 nitrogen and oxygen atoms in total. The highest BCUT2D eigenvalue weighted by atomic mass is 32.2. The second-order valence-electron chi connectivity index (χ2n) is 4.07. The highest BCUT2D eigenvalue weighted by Crippen LogP contribution is 2.43. The first-order valence-electron chi connectivity index (χ1n) is 4.53. The van der Waals surface area contributed by atoms with Gasteiger partial charge in [0.2, 0.25) is 0 Å². The van der Waals surface area contributed by atoms with E-state index in [1.807, 2.05) is 0 Å². The summed E-state index contributed by atoms with van der Waals surface area (Å²) in [7, 11) is -2.65. The van der Waals surface area contributed by atoms with Gasteiger partial charge in [-0.25, -0.2) is 8.42 Å². The minimum absolute atomic E-state index is 0.382. The Labute approximate surface area is 73.2 Å². The number of nitrogens with two attached hydrogens (primary N) is 1. The Hall–Kier alpha value is -0.0900. The fourth-order valence-electron chi connectivity index (χ4n) is 2.14. The Morgan fingerprint density at radius 2 is 1.83 bits per heavy atom. The summed E-state index contributed by atoms with van der Waals surface area (Å²) in [5, 5.41) is 0. The van der Waals surface area contributed by atoms with E-state index < -0.39 is 9.84 Å². The van der Waals surface area contributed by atoms with Crippen LogP contribution >= 0.6 is 0 Å². The van der Waals surface area contributed by atoms with Gasteiger partial charge < -0.3 is 5.73 Å². The van der Waals surface area contributed by atoms with Crippen LogP contribution in [0.1, 0.15) is 12.8 Å². The molecule has 1 saturated heterocycles. The predicted molar refractivity (Wildman–Crippen MR) is 47.4 cm³/mol. The van der Waals surface area contributed by atoms with Crippen molar-refractivity contribution < 1.29 is 8.42 Å². The molecule has 2 fully saturated rings. The van der Waals surface area contributed by atoms with E-state index in [0.29, 0.717) is 29.9 Å². The summed E-state index contributed by atoms with van der Waals surface area (Å²) in [5.74, 6) is 2.41. The van der Waals surface area contributed by atoms with Gasteiger partial charge in [-0.1, -0.05) is 0 Å². The molecule has 1 unspecified atom stereocenters. The van der Waals surface area contributed by atoms with Crippen LogP contribution in [0.2, 0.25) is 0 Å². The maximum atomic E-state index is 10.9. The van der Waals surface area contributed by atoms with Gasteiger partial charge in [-0.15, -0.1) is 0 Å². The van der Waals surface area contributed by atoms with Gasteiger partial charge in [-0.2, -0.15) is 0 Å². The van der Waals surface area contributed by atoms with Crippen LogP contribution in [-0.2, 0) is 9.84 Å². The first kappa shape index (κ1) is 8.51. The number of sulfone groups is 1. The number of hydrogen-bond donors (Lipinski definition) is 1. The molecular formula is C8H15NO2S. The quantitative estimate of drug-likeness (QED) is 0.680. The molecule has 0 amide bonds. The minimum atomic E-state index is -2.65. The van der Waals surface area contributed by atoms with Crippen molar-refractivity contribution >= 4 is 9.84 Å². The predicted octanol–water partition coefficient (Wildman–Crippen LogP) is 0.0159. The topological polar surface area (TPSA) is 60.2 Å².